The van der Waals surface area contributed by atoms with E-state index in [9.17, 15) is 4.21 Å². The fourth-order valence-electron chi connectivity index (χ4n) is 1.75. The SMILES string of the molecule is CCN=S1(=O)CCN(C(C)(C)C)CC1. The van der Waals surface area contributed by atoms with Crippen LogP contribution < -0.4 is 0 Å². The largest absolute Gasteiger partial charge is 0.297 e. The van der Waals surface area contributed by atoms with Crippen LogP contribution in [0, 0.1) is 0 Å². The van der Waals surface area contributed by atoms with Crippen molar-refractivity contribution in [2.24, 2.45) is 4.36 Å². The number of nitrogens with zero attached hydrogens (tertiary/aromatic N) is 2. The minimum atomic E-state index is -1.85. The summed E-state index contributed by atoms with van der Waals surface area (Å²) in [5.41, 5.74) is 0.201. The number of rotatable bonds is 1. The van der Waals surface area contributed by atoms with E-state index in [1.54, 1.807) is 0 Å². The maximum atomic E-state index is 12.1. The van der Waals surface area contributed by atoms with Crippen molar-refractivity contribution in [3.8, 4) is 0 Å². The minimum absolute atomic E-state index is 0.201. The van der Waals surface area contributed by atoms with Gasteiger partial charge in [0.1, 0.15) is 0 Å². The van der Waals surface area contributed by atoms with Crippen LogP contribution in [0.2, 0.25) is 0 Å². The van der Waals surface area contributed by atoms with Gasteiger partial charge >= 0.3 is 0 Å². The molecule has 0 saturated carbocycles. The highest BCUT2D eigenvalue weighted by Gasteiger charge is 2.27. The third-order valence-corrected chi connectivity index (χ3v) is 5.04. The van der Waals surface area contributed by atoms with Crippen LogP contribution in [-0.2, 0) is 9.73 Å². The summed E-state index contributed by atoms with van der Waals surface area (Å²) in [5, 5.41) is 0. The Morgan fingerprint density at radius 3 is 2.14 bits per heavy atom. The molecule has 0 atom stereocenters. The van der Waals surface area contributed by atoms with Crippen molar-refractivity contribution in [1.29, 1.82) is 0 Å². The summed E-state index contributed by atoms with van der Waals surface area (Å²) >= 11 is 0. The van der Waals surface area contributed by atoms with Gasteiger partial charge in [0.25, 0.3) is 0 Å². The van der Waals surface area contributed by atoms with Gasteiger partial charge in [-0.05, 0) is 27.7 Å². The molecule has 4 heteroatoms. The summed E-state index contributed by atoms with van der Waals surface area (Å²) in [5.74, 6) is 1.50. The Bertz CT molecular complexity index is 284. The third-order valence-electron chi connectivity index (χ3n) is 2.67. The molecule has 0 aromatic carbocycles. The molecule has 0 radical (unpaired) electrons. The first-order chi connectivity index (χ1) is 6.37. The molecule has 0 bridgehead atoms. The van der Waals surface area contributed by atoms with Gasteiger partial charge in [0.15, 0.2) is 0 Å². The molecule has 0 aromatic heterocycles. The lowest BCUT2D eigenvalue weighted by atomic mass is 10.1. The highest BCUT2D eigenvalue weighted by Crippen LogP contribution is 2.17. The standard InChI is InChI=1S/C10H22N2OS/c1-5-11-14(13)8-6-12(7-9-14)10(2,3)4/h5-9H2,1-4H3. The Hall–Kier alpha value is -0.0900. The second-order valence-electron chi connectivity index (χ2n) is 4.78. The molecule has 1 aliphatic rings. The number of hydrogen-bond acceptors (Lipinski definition) is 3. The summed E-state index contributed by atoms with van der Waals surface area (Å²) in [4.78, 5) is 2.39. The van der Waals surface area contributed by atoms with Crippen molar-refractivity contribution in [2.75, 3.05) is 31.1 Å². The highest BCUT2D eigenvalue weighted by atomic mass is 32.2. The van der Waals surface area contributed by atoms with E-state index in [1.165, 1.54) is 0 Å². The lowest BCUT2D eigenvalue weighted by Crippen LogP contribution is -2.49. The van der Waals surface area contributed by atoms with Crippen molar-refractivity contribution in [2.45, 2.75) is 33.2 Å². The summed E-state index contributed by atoms with van der Waals surface area (Å²) in [6, 6.07) is 0. The second-order valence-corrected chi connectivity index (χ2v) is 7.40. The molecule has 1 heterocycles. The van der Waals surface area contributed by atoms with Crippen LogP contribution in [0.4, 0.5) is 0 Å². The molecule has 3 nitrogen and oxygen atoms in total. The lowest BCUT2D eigenvalue weighted by Gasteiger charge is -2.39. The molecule has 0 spiro atoms. The van der Waals surface area contributed by atoms with Crippen LogP contribution in [-0.4, -0.2) is 45.8 Å². The van der Waals surface area contributed by atoms with E-state index in [0.29, 0.717) is 6.54 Å². The molecule has 0 unspecified atom stereocenters. The van der Waals surface area contributed by atoms with E-state index in [1.807, 2.05) is 6.92 Å². The van der Waals surface area contributed by atoms with Gasteiger partial charge in [-0.2, -0.15) is 0 Å². The number of hydrogen-bond donors (Lipinski definition) is 0. The lowest BCUT2D eigenvalue weighted by molar-refractivity contribution is 0.151. The molecule has 0 aromatic rings. The summed E-state index contributed by atoms with van der Waals surface area (Å²) in [6.07, 6.45) is 0. The van der Waals surface area contributed by atoms with Crippen molar-refractivity contribution < 1.29 is 4.21 Å². The van der Waals surface area contributed by atoms with E-state index >= 15 is 0 Å². The average molecular weight is 218 g/mol. The Labute approximate surface area is 88.1 Å². The van der Waals surface area contributed by atoms with Crippen LogP contribution in [0.5, 0.6) is 0 Å². The predicted octanol–water partition coefficient (Wildman–Crippen LogP) is 1.59. The zero-order chi connectivity index (χ0) is 10.8. The summed E-state index contributed by atoms with van der Waals surface area (Å²) in [6.45, 7) is 11.1. The molecule has 0 N–H and O–H groups in total. The normalized spacial score (nSPS) is 23.4. The molecular weight excluding hydrogens is 196 g/mol. The molecule has 1 fully saturated rings. The van der Waals surface area contributed by atoms with Gasteiger partial charge < -0.3 is 0 Å². The summed E-state index contributed by atoms with van der Waals surface area (Å²) < 4.78 is 16.3. The van der Waals surface area contributed by atoms with E-state index in [-0.39, 0.29) is 5.54 Å². The van der Waals surface area contributed by atoms with Crippen molar-refractivity contribution in [1.82, 2.24) is 4.90 Å². The quantitative estimate of drug-likeness (QED) is 0.669. The third kappa shape index (κ3) is 2.95. The zero-order valence-corrected chi connectivity index (χ0v) is 10.6. The van der Waals surface area contributed by atoms with E-state index in [0.717, 1.165) is 24.6 Å². The van der Waals surface area contributed by atoms with Crippen molar-refractivity contribution in [3.05, 3.63) is 0 Å². The van der Waals surface area contributed by atoms with Gasteiger partial charge in [0.05, 0.1) is 0 Å². The molecule has 0 aliphatic carbocycles. The van der Waals surface area contributed by atoms with Gasteiger partial charge in [-0.3, -0.25) is 4.90 Å². The minimum Gasteiger partial charge on any atom is -0.297 e. The maximum Gasteiger partial charge on any atom is 0.0492 e. The van der Waals surface area contributed by atoms with Gasteiger partial charge in [-0.25, -0.2) is 8.57 Å². The Morgan fingerprint density at radius 1 is 1.29 bits per heavy atom. The molecule has 1 rings (SSSR count). The fourth-order valence-corrected chi connectivity index (χ4v) is 3.70. The first-order valence-electron chi connectivity index (χ1n) is 5.31. The van der Waals surface area contributed by atoms with Gasteiger partial charge in [-0.15, -0.1) is 0 Å². The molecule has 1 saturated heterocycles. The molecule has 14 heavy (non-hydrogen) atoms. The van der Waals surface area contributed by atoms with Crippen molar-refractivity contribution in [3.63, 3.8) is 0 Å². The predicted molar refractivity (Wildman–Crippen MR) is 62.2 cm³/mol. The van der Waals surface area contributed by atoms with E-state index in [2.05, 4.69) is 30.0 Å². The average Bonchev–Trinajstić information content (AvgIpc) is 2.03. The fraction of sp³-hybridized carbons (Fsp3) is 1.00. The van der Waals surface area contributed by atoms with Gasteiger partial charge in [0, 0.05) is 46.4 Å². The Kier molecular flexibility index (Phi) is 3.58. The smallest absolute Gasteiger partial charge is 0.0492 e. The second kappa shape index (κ2) is 4.19. The Balaban J connectivity index is 2.63. The first kappa shape index (κ1) is 12.0. The molecule has 0 amide bonds. The van der Waals surface area contributed by atoms with Crippen LogP contribution in [0.3, 0.4) is 0 Å². The molecule has 84 valence electrons. The summed E-state index contributed by atoms with van der Waals surface area (Å²) in [7, 11) is -1.85. The molecule has 1 aliphatic heterocycles. The monoisotopic (exact) mass is 218 g/mol. The molecular formula is C10H22N2OS. The van der Waals surface area contributed by atoms with Crippen LogP contribution in [0.25, 0.3) is 0 Å². The zero-order valence-electron chi connectivity index (χ0n) is 9.75. The highest BCUT2D eigenvalue weighted by molar-refractivity contribution is 7.93. The first-order valence-corrected chi connectivity index (χ1v) is 7.16. The van der Waals surface area contributed by atoms with Crippen LogP contribution in [0.15, 0.2) is 4.36 Å². The van der Waals surface area contributed by atoms with E-state index < -0.39 is 9.73 Å². The van der Waals surface area contributed by atoms with E-state index in [4.69, 9.17) is 0 Å². The maximum absolute atomic E-state index is 12.1. The van der Waals surface area contributed by atoms with Crippen LogP contribution in [0.1, 0.15) is 27.7 Å². The van der Waals surface area contributed by atoms with Crippen molar-refractivity contribution >= 4 is 9.73 Å². The van der Waals surface area contributed by atoms with Gasteiger partial charge in [-0.1, -0.05) is 0 Å². The van der Waals surface area contributed by atoms with Crippen LogP contribution >= 0.6 is 0 Å². The van der Waals surface area contributed by atoms with Gasteiger partial charge in [0.2, 0.25) is 0 Å². The topological polar surface area (TPSA) is 32.7 Å². The Morgan fingerprint density at radius 2 is 1.79 bits per heavy atom.